The topological polar surface area (TPSA) is 32.3 Å². The summed E-state index contributed by atoms with van der Waals surface area (Å²) in [5, 5.41) is 3.44. The summed E-state index contributed by atoms with van der Waals surface area (Å²) in [6.45, 7) is 10.4. The van der Waals surface area contributed by atoms with Gasteiger partial charge in [0.05, 0.1) is 5.41 Å². The summed E-state index contributed by atoms with van der Waals surface area (Å²) in [4.78, 5) is 15.4. The number of halogens is 1. The Balaban J connectivity index is 0.00000288. The van der Waals surface area contributed by atoms with Crippen molar-refractivity contribution in [3.8, 4) is 0 Å². The molecule has 136 valence electrons. The molecule has 0 saturated carbocycles. The Labute approximate surface area is 153 Å². The van der Waals surface area contributed by atoms with E-state index in [1.165, 1.54) is 5.56 Å². The van der Waals surface area contributed by atoms with Crippen LogP contribution in [-0.2, 0) is 10.2 Å². The van der Waals surface area contributed by atoms with Gasteiger partial charge in [0, 0.05) is 13.1 Å². The number of rotatable bonds is 7. The molecule has 0 unspecified atom stereocenters. The highest BCUT2D eigenvalue weighted by Crippen LogP contribution is 2.35. The quantitative estimate of drug-likeness (QED) is 0.804. The van der Waals surface area contributed by atoms with E-state index in [0.29, 0.717) is 11.8 Å². The molecule has 0 radical (unpaired) electrons. The third kappa shape index (κ3) is 4.52. The van der Waals surface area contributed by atoms with E-state index in [4.69, 9.17) is 0 Å². The number of carbonyl (C=O) groups is 1. The van der Waals surface area contributed by atoms with Gasteiger partial charge in [-0.25, -0.2) is 0 Å². The van der Waals surface area contributed by atoms with E-state index in [0.717, 1.165) is 51.9 Å². The lowest BCUT2D eigenvalue weighted by Crippen LogP contribution is -2.50. The molecule has 1 aromatic carbocycles. The molecule has 0 spiro atoms. The lowest BCUT2D eigenvalue weighted by atomic mass is 9.74. The van der Waals surface area contributed by atoms with Gasteiger partial charge >= 0.3 is 0 Å². The highest BCUT2D eigenvalue weighted by molar-refractivity contribution is 5.88. The van der Waals surface area contributed by atoms with Crippen molar-refractivity contribution in [3.63, 3.8) is 0 Å². The summed E-state index contributed by atoms with van der Waals surface area (Å²) in [5.74, 6) is 1.05. The monoisotopic (exact) mass is 352 g/mol. The summed E-state index contributed by atoms with van der Waals surface area (Å²) in [7, 11) is 0. The molecule has 1 aliphatic heterocycles. The smallest absolute Gasteiger partial charge is 0.233 e. The van der Waals surface area contributed by atoms with Crippen molar-refractivity contribution in [3.05, 3.63) is 35.9 Å². The Hall–Kier alpha value is -1.06. The highest BCUT2D eigenvalue weighted by Gasteiger charge is 2.40. The van der Waals surface area contributed by atoms with E-state index in [1.807, 2.05) is 18.2 Å². The van der Waals surface area contributed by atoms with Gasteiger partial charge in [-0.3, -0.25) is 4.79 Å². The Morgan fingerprint density at radius 3 is 2.21 bits per heavy atom. The number of likely N-dealkylation sites (tertiary alicyclic amines) is 1. The van der Waals surface area contributed by atoms with Crippen LogP contribution in [-0.4, -0.2) is 37.0 Å². The zero-order valence-electron chi connectivity index (χ0n) is 15.4. The van der Waals surface area contributed by atoms with Crippen LogP contribution in [0.3, 0.4) is 0 Å². The van der Waals surface area contributed by atoms with Crippen LogP contribution < -0.4 is 5.32 Å². The largest absolute Gasteiger partial charge is 0.342 e. The number of amides is 1. The van der Waals surface area contributed by atoms with Crippen LogP contribution in [0.15, 0.2) is 30.3 Å². The average molecular weight is 353 g/mol. The Morgan fingerprint density at radius 2 is 1.71 bits per heavy atom. The zero-order valence-corrected chi connectivity index (χ0v) is 16.2. The van der Waals surface area contributed by atoms with E-state index >= 15 is 0 Å². The second kappa shape index (κ2) is 10.0. The van der Waals surface area contributed by atoms with Gasteiger partial charge in [-0.15, -0.1) is 12.4 Å². The van der Waals surface area contributed by atoms with Crippen LogP contribution in [0.4, 0.5) is 0 Å². The third-order valence-corrected chi connectivity index (χ3v) is 5.53. The van der Waals surface area contributed by atoms with Crippen LogP contribution in [0.1, 0.15) is 52.0 Å². The molecule has 1 fully saturated rings. The lowest BCUT2D eigenvalue weighted by molar-refractivity contribution is -0.139. The van der Waals surface area contributed by atoms with Gasteiger partial charge in [-0.2, -0.15) is 0 Å². The van der Waals surface area contributed by atoms with Crippen molar-refractivity contribution in [1.82, 2.24) is 10.2 Å². The molecular formula is C20H33ClN2O. The van der Waals surface area contributed by atoms with Crippen molar-refractivity contribution in [1.29, 1.82) is 0 Å². The second-order valence-electron chi connectivity index (χ2n) is 6.70. The number of carbonyl (C=O) groups excluding carboxylic acids is 1. The van der Waals surface area contributed by atoms with Gasteiger partial charge in [0.1, 0.15) is 0 Å². The molecule has 2 rings (SSSR count). The summed E-state index contributed by atoms with van der Waals surface area (Å²) in [6, 6.07) is 10.3. The summed E-state index contributed by atoms with van der Waals surface area (Å²) in [5.41, 5.74) is 0.820. The van der Waals surface area contributed by atoms with Gasteiger partial charge in [0.2, 0.25) is 5.91 Å². The van der Waals surface area contributed by atoms with Gasteiger partial charge in [-0.1, -0.05) is 51.1 Å². The molecule has 4 heteroatoms. The minimum atomic E-state index is -0.351. The second-order valence-corrected chi connectivity index (χ2v) is 6.70. The van der Waals surface area contributed by atoms with Crippen molar-refractivity contribution in [2.75, 3.05) is 26.2 Å². The van der Waals surface area contributed by atoms with Crippen molar-refractivity contribution >= 4 is 18.3 Å². The predicted molar refractivity (Wildman–Crippen MR) is 104 cm³/mol. The molecular weight excluding hydrogens is 320 g/mol. The fourth-order valence-electron chi connectivity index (χ4n) is 3.83. The first kappa shape index (κ1) is 21.0. The fourth-order valence-corrected chi connectivity index (χ4v) is 3.83. The van der Waals surface area contributed by atoms with E-state index in [1.54, 1.807) is 0 Å². The third-order valence-electron chi connectivity index (χ3n) is 5.53. The van der Waals surface area contributed by atoms with Crippen LogP contribution in [0.2, 0.25) is 0 Å². The number of piperidine rings is 1. The molecule has 0 atom stereocenters. The number of nitrogens with one attached hydrogen (secondary N) is 1. The molecule has 0 aromatic heterocycles. The van der Waals surface area contributed by atoms with E-state index in [9.17, 15) is 4.79 Å². The number of benzene rings is 1. The van der Waals surface area contributed by atoms with Gasteiger partial charge < -0.3 is 10.2 Å². The maximum Gasteiger partial charge on any atom is 0.233 e. The number of nitrogens with zero attached hydrogens (tertiary/aromatic N) is 1. The van der Waals surface area contributed by atoms with Gasteiger partial charge in [0.15, 0.2) is 0 Å². The molecule has 0 aliphatic carbocycles. The van der Waals surface area contributed by atoms with E-state index < -0.39 is 0 Å². The zero-order chi connectivity index (χ0) is 16.7. The first-order valence-corrected chi connectivity index (χ1v) is 9.23. The number of hydrogen-bond donors (Lipinski definition) is 1. The maximum atomic E-state index is 13.3. The van der Waals surface area contributed by atoms with E-state index in [2.05, 4.69) is 43.1 Å². The average Bonchev–Trinajstić information content (AvgIpc) is 2.62. The van der Waals surface area contributed by atoms with Crippen molar-refractivity contribution in [2.24, 2.45) is 5.92 Å². The van der Waals surface area contributed by atoms with Crippen LogP contribution >= 0.6 is 12.4 Å². The molecule has 3 nitrogen and oxygen atoms in total. The fraction of sp³-hybridized carbons (Fsp3) is 0.650. The molecule has 24 heavy (non-hydrogen) atoms. The van der Waals surface area contributed by atoms with E-state index in [-0.39, 0.29) is 17.8 Å². The Bertz CT molecular complexity index is 480. The molecule has 1 saturated heterocycles. The minimum Gasteiger partial charge on any atom is -0.342 e. The van der Waals surface area contributed by atoms with Gasteiger partial charge in [0.25, 0.3) is 0 Å². The van der Waals surface area contributed by atoms with Gasteiger partial charge in [-0.05, 0) is 50.3 Å². The summed E-state index contributed by atoms with van der Waals surface area (Å²) in [6.07, 6.45) is 3.97. The summed E-state index contributed by atoms with van der Waals surface area (Å²) >= 11 is 0. The molecule has 1 aliphatic rings. The van der Waals surface area contributed by atoms with Crippen LogP contribution in [0, 0.1) is 5.92 Å². The highest BCUT2D eigenvalue weighted by atomic mass is 35.5. The first-order valence-electron chi connectivity index (χ1n) is 9.23. The normalized spacial score (nSPS) is 15.9. The standard InChI is InChI=1S/C20H32N2O.ClH/c1-4-20(5-2,18-10-8-7-9-11-18)19(23)22-14-12-17(13-15-22)16-21-6-3;/h7-11,17,21H,4-6,12-16H2,1-3H3;1H. The first-order chi connectivity index (χ1) is 11.2. The lowest BCUT2D eigenvalue weighted by Gasteiger charge is -2.40. The number of hydrogen-bond acceptors (Lipinski definition) is 2. The molecule has 0 bridgehead atoms. The minimum absolute atomic E-state index is 0. The Morgan fingerprint density at radius 1 is 1.12 bits per heavy atom. The van der Waals surface area contributed by atoms with Crippen molar-refractivity contribution in [2.45, 2.75) is 51.9 Å². The van der Waals surface area contributed by atoms with Crippen molar-refractivity contribution < 1.29 is 4.79 Å². The van der Waals surface area contributed by atoms with Crippen LogP contribution in [0.25, 0.3) is 0 Å². The van der Waals surface area contributed by atoms with Crippen LogP contribution in [0.5, 0.6) is 0 Å². The summed E-state index contributed by atoms with van der Waals surface area (Å²) < 4.78 is 0. The SMILES string of the molecule is CCNCC1CCN(C(=O)C(CC)(CC)c2ccccc2)CC1.Cl. The maximum absolute atomic E-state index is 13.3. The Kier molecular flexibility index (Phi) is 8.79. The molecule has 1 N–H and O–H groups in total. The molecule has 1 amide bonds. The predicted octanol–water partition coefficient (Wildman–Crippen LogP) is 4.01. The molecule has 1 heterocycles. The molecule has 1 aromatic rings.